The molecule has 0 aromatic carbocycles. The first-order chi connectivity index (χ1) is 6.91. The summed E-state index contributed by atoms with van der Waals surface area (Å²) in [6.45, 7) is 9.34. The Labute approximate surface area is 93.7 Å². The summed E-state index contributed by atoms with van der Waals surface area (Å²) in [4.78, 5) is 2.59. The van der Waals surface area contributed by atoms with Gasteiger partial charge < -0.3 is 5.11 Å². The van der Waals surface area contributed by atoms with E-state index in [1.54, 1.807) is 0 Å². The van der Waals surface area contributed by atoms with Crippen molar-refractivity contribution in [2.75, 3.05) is 13.1 Å². The molecule has 1 saturated heterocycles. The van der Waals surface area contributed by atoms with Crippen molar-refractivity contribution in [2.45, 2.75) is 64.5 Å². The van der Waals surface area contributed by atoms with Crippen molar-refractivity contribution in [3.63, 3.8) is 0 Å². The average Bonchev–Trinajstić information content (AvgIpc) is 2.47. The van der Waals surface area contributed by atoms with Crippen LogP contribution in [0.25, 0.3) is 0 Å². The van der Waals surface area contributed by atoms with Gasteiger partial charge in [-0.3, -0.25) is 4.90 Å². The number of hydrogen-bond donors (Lipinski definition) is 1. The Morgan fingerprint density at radius 3 is 2.13 bits per heavy atom. The van der Waals surface area contributed by atoms with Gasteiger partial charge in [0.05, 0.1) is 6.10 Å². The van der Waals surface area contributed by atoms with E-state index in [0.717, 1.165) is 12.8 Å². The number of rotatable bonds is 0. The summed E-state index contributed by atoms with van der Waals surface area (Å²) in [6, 6.07) is 0. The molecule has 0 aromatic rings. The number of likely N-dealkylation sites (tertiary alicyclic amines) is 1. The molecule has 1 heterocycles. The molecule has 1 spiro atoms. The molecule has 0 bridgehead atoms. The predicted octanol–water partition coefficient (Wildman–Crippen LogP) is 2.41. The van der Waals surface area contributed by atoms with Gasteiger partial charge in [0.15, 0.2) is 0 Å². The Bertz CT molecular complexity index is 223. The highest BCUT2D eigenvalue weighted by Gasteiger charge is 2.42. The molecule has 1 aliphatic heterocycles. The molecule has 2 aliphatic rings. The van der Waals surface area contributed by atoms with Crippen molar-refractivity contribution in [2.24, 2.45) is 5.41 Å². The van der Waals surface area contributed by atoms with Gasteiger partial charge in [0.1, 0.15) is 0 Å². The van der Waals surface area contributed by atoms with Gasteiger partial charge in [0.2, 0.25) is 0 Å². The van der Waals surface area contributed by atoms with Crippen LogP contribution in [0.5, 0.6) is 0 Å². The Kier molecular flexibility index (Phi) is 2.85. The van der Waals surface area contributed by atoms with Gasteiger partial charge in [-0.2, -0.15) is 0 Å². The van der Waals surface area contributed by atoms with E-state index in [0.29, 0.717) is 11.0 Å². The van der Waals surface area contributed by atoms with Gasteiger partial charge in [0, 0.05) is 5.54 Å². The van der Waals surface area contributed by atoms with E-state index in [4.69, 9.17) is 0 Å². The van der Waals surface area contributed by atoms with E-state index in [-0.39, 0.29) is 6.10 Å². The molecule has 2 heteroatoms. The molecule has 2 rings (SSSR count). The van der Waals surface area contributed by atoms with Gasteiger partial charge in [-0.1, -0.05) is 0 Å². The summed E-state index contributed by atoms with van der Waals surface area (Å²) >= 11 is 0. The molecule has 2 fully saturated rings. The number of nitrogens with zero attached hydrogens (tertiary/aromatic N) is 1. The molecule has 1 unspecified atom stereocenters. The van der Waals surface area contributed by atoms with Crippen molar-refractivity contribution < 1.29 is 5.11 Å². The fourth-order valence-corrected chi connectivity index (χ4v) is 3.28. The maximum atomic E-state index is 9.66. The summed E-state index contributed by atoms with van der Waals surface area (Å²) in [5, 5.41) is 9.66. The standard InChI is InChI=1S/C13H25NO/c1-12(2,3)14-8-6-13(7-9-14)5-4-11(15)10-13/h11,15H,4-10H2,1-3H3. The van der Waals surface area contributed by atoms with Crippen LogP contribution < -0.4 is 0 Å². The predicted molar refractivity (Wildman–Crippen MR) is 62.9 cm³/mol. The maximum absolute atomic E-state index is 9.66. The number of aliphatic hydroxyl groups is 1. The highest BCUT2D eigenvalue weighted by Crippen LogP contribution is 2.46. The zero-order valence-electron chi connectivity index (χ0n) is 10.4. The van der Waals surface area contributed by atoms with Crippen LogP contribution in [-0.4, -0.2) is 34.7 Å². The van der Waals surface area contributed by atoms with Crippen molar-refractivity contribution in [3.05, 3.63) is 0 Å². The SMILES string of the molecule is CC(C)(C)N1CCC2(CCC(O)C2)CC1. The zero-order chi connectivity index (χ0) is 11.1. The fraction of sp³-hybridized carbons (Fsp3) is 1.00. The minimum atomic E-state index is -0.00816. The van der Waals surface area contributed by atoms with Crippen LogP contribution in [0, 0.1) is 5.41 Å². The highest BCUT2D eigenvalue weighted by molar-refractivity contribution is 4.95. The molecule has 1 N–H and O–H groups in total. The number of aliphatic hydroxyl groups excluding tert-OH is 1. The van der Waals surface area contributed by atoms with Crippen molar-refractivity contribution >= 4 is 0 Å². The van der Waals surface area contributed by atoms with Crippen LogP contribution in [-0.2, 0) is 0 Å². The second-order valence-electron chi connectivity index (χ2n) is 6.55. The molecule has 1 saturated carbocycles. The average molecular weight is 211 g/mol. The number of hydrogen-bond acceptors (Lipinski definition) is 2. The van der Waals surface area contributed by atoms with Crippen LogP contribution in [0.3, 0.4) is 0 Å². The van der Waals surface area contributed by atoms with Crippen molar-refractivity contribution in [1.29, 1.82) is 0 Å². The summed E-state index contributed by atoms with van der Waals surface area (Å²) in [7, 11) is 0. The third kappa shape index (κ3) is 2.36. The van der Waals surface area contributed by atoms with Crippen LogP contribution in [0.1, 0.15) is 52.9 Å². The van der Waals surface area contributed by atoms with E-state index in [9.17, 15) is 5.11 Å². The van der Waals surface area contributed by atoms with E-state index >= 15 is 0 Å². The summed E-state index contributed by atoms with van der Waals surface area (Å²) in [5.41, 5.74) is 0.819. The second-order valence-corrected chi connectivity index (χ2v) is 6.55. The van der Waals surface area contributed by atoms with Crippen LogP contribution >= 0.6 is 0 Å². The topological polar surface area (TPSA) is 23.5 Å². The molecular formula is C13H25NO. The molecule has 0 aromatic heterocycles. The lowest BCUT2D eigenvalue weighted by Crippen LogP contribution is -2.48. The van der Waals surface area contributed by atoms with E-state index in [1.807, 2.05) is 0 Å². The van der Waals surface area contributed by atoms with Crippen LogP contribution in [0.15, 0.2) is 0 Å². The first kappa shape index (κ1) is 11.4. The first-order valence-corrected chi connectivity index (χ1v) is 6.34. The van der Waals surface area contributed by atoms with Crippen LogP contribution in [0.2, 0.25) is 0 Å². The second kappa shape index (κ2) is 3.74. The first-order valence-electron chi connectivity index (χ1n) is 6.34. The minimum Gasteiger partial charge on any atom is -0.393 e. The van der Waals surface area contributed by atoms with Gasteiger partial charge in [-0.25, -0.2) is 0 Å². The molecular weight excluding hydrogens is 186 g/mol. The number of piperidine rings is 1. The molecule has 1 aliphatic carbocycles. The largest absolute Gasteiger partial charge is 0.393 e. The Hall–Kier alpha value is -0.0800. The Morgan fingerprint density at radius 2 is 1.73 bits per heavy atom. The molecule has 0 amide bonds. The third-order valence-corrected chi connectivity index (χ3v) is 4.45. The lowest BCUT2D eigenvalue weighted by molar-refractivity contribution is 0.0380. The van der Waals surface area contributed by atoms with E-state index < -0.39 is 0 Å². The molecule has 88 valence electrons. The highest BCUT2D eigenvalue weighted by atomic mass is 16.3. The molecule has 2 nitrogen and oxygen atoms in total. The van der Waals surface area contributed by atoms with Gasteiger partial charge in [-0.15, -0.1) is 0 Å². The maximum Gasteiger partial charge on any atom is 0.0545 e. The molecule has 1 atom stereocenters. The molecule has 15 heavy (non-hydrogen) atoms. The normalized spacial score (nSPS) is 32.4. The van der Waals surface area contributed by atoms with Crippen molar-refractivity contribution in [1.82, 2.24) is 4.90 Å². The smallest absolute Gasteiger partial charge is 0.0545 e. The Balaban J connectivity index is 1.92. The molecule has 0 radical (unpaired) electrons. The summed E-state index contributed by atoms with van der Waals surface area (Å²) < 4.78 is 0. The Morgan fingerprint density at radius 1 is 1.13 bits per heavy atom. The monoisotopic (exact) mass is 211 g/mol. The van der Waals surface area contributed by atoms with Gasteiger partial charge in [0.25, 0.3) is 0 Å². The summed E-state index contributed by atoms with van der Waals surface area (Å²) in [5.74, 6) is 0. The minimum absolute atomic E-state index is 0.00816. The quantitative estimate of drug-likeness (QED) is 0.665. The van der Waals surface area contributed by atoms with Crippen LogP contribution in [0.4, 0.5) is 0 Å². The van der Waals surface area contributed by atoms with Crippen molar-refractivity contribution in [3.8, 4) is 0 Å². The van der Waals surface area contributed by atoms with Gasteiger partial charge >= 0.3 is 0 Å². The zero-order valence-corrected chi connectivity index (χ0v) is 10.4. The lowest BCUT2D eigenvalue weighted by Gasteiger charge is -2.45. The lowest BCUT2D eigenvalue weighted by atomic mass is 9.76. The van der Waals surface area contributed by atoms with E-state index in [2.05, 4.69) is 25.7 Å². The van der Waals surface area contributed by atoms with Gasteiger partial charge in [-0.05, 0) is 71.4 Å². The summed E-state index contributed by atoms with van der Waals surface area (Å²) in [6.07, 6.45) is 5.93. The third-order valence-electron chi connectivity index (χ3n) is 4.45. The fourth-order valence-electron chi connectivity index (χ4n) is 3.28. The van der Waals surface area contributed by atoms with E-state index in [1.165, 1.54) is 32.4 Å².